The Hall–Kier alpha value is -1.99. The highest BCUT2D eigenvalue weighted by atomic mass is 32.2. The molecule has 0 atom stereocenters. The predicted octanol–water partition coefficient (Wildman–Crippen LogP) is 3.54. The highest BCUT2D eigenvalue weighted by Gasteiger charge is 2.45. The zero-order chi connectivity index (χ0) is 18.9. The molecule has 0 bridgehead atoms. The van der Waals surface area contributed by atoms with Gasteiger partial charge in [-0.2, -0.15) is 4.31 Å². The van der Waals surface area contributed by atoms with Crippen LogP contribution in [0, 0.1) is 5.82 Å². The van der Waals surface area contributed by atoms with Gasteiger partial charge in [-0.1, -0.05) is 24.6 Å². The lowest BCUT2D eigenvalue weighted by Gasteiger charge is -2.25. The van der Waals surface area contributed by atoms with E-state index in [2.05, 4.69) is 10.3 Å². The summed E-state index contributed by atoms with van der Waals surface area (Å²) in [7, 11) is -3.46. The fourth-order valence-electron chi connectivity index (χ4n) is 3.74. The predicted molar refractivity (Wildman–Crippen MR) is 103 cm³/mol. The summed E-state index contributed by atoms with van der Waals surface area (Å²) in [6.07, 6.45) is 6.17. The van der Waals surface area contributed by atoms with E-state index < -0.39 is 10.0 Å². The topological polar surface area (TPSA) is 62.3 Å². The van der Waals surface area contributed by atoms with Gasteiger partial charge in [0.1, 0.15) is 16.5 Å². The molecule has 1 N–H and O–H groups in total. The Morgan fingerprint density at radius 3 is 2.44 bits per heavy atom. The van der Waals surface area contributed by atoms with Gasteiger partial charge >= 0.3 is 0 Å². The highest BCUT2D eigenvalue weighted by molar-refractivity contribution is 7.89. The van der Waals surface area contributed by atoms with Crippen LogP contribution in [0.3, 0.4) is 0 Å². The van der Waals surface area contributed by atoms with Gasteiger partial charge in [-0.25, -0.2) is 17.8 Å². The van der Waals surface area contributed by atoms with E-state index in [1.54, 1.807) is 18.2 Å². The van der Waals surface area contributed by atoms with Crippen LogP contribution in [0.15, 0.2) is 47.5 Å². The highest BCUT2D eigenvalue weighted by Crippen LogP contribution is 2.48. The lowest BCUT2D eigenvalue weighted by atomic mass is 9.95. The van der Waals surface area contributed by atoms with Gasteiger partial charge in [0.2, 0.25) is 10.0 Å². The SMILES string of the molecule is O=S(=O)(c1ccc(NCC2(c3ccccc3F)CC2)nc1)N1CCCCC1. The molecule has 2 heterocycles. The van der Waals surface area contributed by atoms with Crippen molar-refractivity contribution in [2.75, 3.05) is 25.0 Å². The van der Waals surface area contributed by atoms with Gasteiger partial charge in [0.25, 0.3) is 0 Å². The summed E-state index contributed by atoms with van der Waals surface area (Å²) in [6, 6.07) is 10.2. The third kappa shape index (κ3) is 3.71. The van der Waals surface area contributed by atoms with Crippen molar-refractivity contribution in [2.45, 2.75) is 42.4 Å². The van der Waals surface area contributed by atoms with Crippen molar-refractivity contribution in [3.05, 3.63) is 54.0 Å². The van der Waals surface area contributed by atoms with E-state index in [-0.39, 0.29) is 16.1 Å². The van der Waals surface area contributed by atoms with Crippen molar-refractivity contribution in [1.29, 1.82) is 0 Å². The lowest BCUT2D eigenvalue weighted by Crippen LogP contribution is -2.35. The first-order valence-corrected chi connectivity index (χ1v) is 10.9. The molecule has 144 valence electrons. The van der Waals surface area contributed by atoms with Crippen molar-refractivity contribution in [2.24, 2.45) is 0 Å². The number of hydrogen-bond donors (Lipinski definition) is 1. The molecule has 2 fully saturated rings. The summed E-state index contributed by atoms with van der Waals surface area (Å²) >= 11 is 0. The largest absolute Gasteiger partial charge is 0.369 e. The van der Waals surface area contributed by atoms with Crippen LogP contribution in [-0.2, 0) is 15.4 Å². The fraction of sp³-hybridized carbons (Fsp3) is 0.450. The molecule has 27 heavy (non-hydrogen) atoms. The van der Waals surface area contributed by atoms with Gasteiger partial charge in [0.05, 0.1) is 0 Å². The van der Waals surface area contributed by atoms with E-state index in [1.165, 1.54) is 16.6 Å². The summed E-state index contributed by atoms with van der Waals surface area (Å²) in [6.45, 7) is 1.74. The van der Waals surface area contributed by atoms with Gasteiger partial charge in [-0.3, -0.25) is 0 Å². The molecular weight excluding hydrogens is 365 g/mol. The van der Waals surface area contributed by atoms with Crippen LogP contribution in [0.25, 0.3) is 0 Å². The van der Waals surface area contributed by atoms with Crippen molar-refractivity contribution in [1.82, 2.24) is 9.29 Å². The Balaban J connectivity index is 1.43. The van der Waals surface area contributed by atoms with Crippen molar-refractivity contribution >= 4 is 15.8 Å². The number of halogens is 1. The molecule has 1 aromatic carbocycles. The average Bonchev–Trinajstić information content (AvgIpc) is 3.49. The first kappa shape index (κ1) is 18.4. The van der Waals surface area contributed by atoms with Crippen LogP contribution in [0.4, 0.5) is 10.2 Å². The molecule has 5 nitrogen and oxygen atoms in total. The molecule has 0 unspecified atom stereocenters. The maximum Gasteiger partial charge on any atom is 0.244 e. The molecule has 1 aromatic heterocycles. The molecule has 0 amide bonds. The minimum atomic E-state index is -3.46. The second kappa shape index (κ2) is 7.20. The quantitative estimate of drug-likeness (QED) is 0.821. The monoisotopic (exact) mass is 389 g/mol. The van der Waals surface area contributed by atoms with Crippen molar-refractivity contribution < 1.29 is 12.8 Å². The van der Waals surface area contributed by atoms with E-state index in [0.29, 0.717) is 25.5 Å². The molecule has 1 saturated heterocycles. The Bertz CT molecular complexity index is 905. The third-order valence-electron chi connectivity index (χ3n) is 5.60. The lowest BCUT2D eigenvalue weighted by molar-refractivity contribution is 0.346. The normalized spacial score (nSPS) is 19.6. The van der Waals surface area contributed by atoms with E-state index in [0.717, 1.165) is 37.7 Å². The first-order valence-electron chi connectivity index (χ1n) is 9.46. The average molecular weight is 389 g/mol. The summed E-state index contributed by atoms with van der Waals surface area (Å²) in [5, 5.41) is 3.25. The van der Waals surface area contributed by atoms with Gasteiger partial charge in [0, 0.05) is 31.2 Å². The second-order valence-corrected chi connectivity index (χ2v) is 9.40. The molecule has 2 aliphatic rings. The molecule has 2 aromatic rings. The Morgan fingerprint density at radius 2 is 1.81 bits per heavy atom. The molecule has 1 saturated carbocycles. The molecule has 0 radical (unpaired) electrons. The minimum Gasteiger partial charge on any atom is -0.369 e. The summed E-state index contributed by atoms with van der Waals surface area (Å²) in [5.74, 6) is 0.433. The van der Waals surface area contributed by atoms with E-state index in [9.17, 15) is 12.8 Å². The number of rotatable bonds is 6. The maximum absolute atomic E-state index is 14.1. The molecule has 1 aliphatic heterocycles. The number of nitrogens with one attached hydrogen (secondary N) is 1. The molecule has 1 aliphatic carbocycles. The van der Waals surface area contributed by atoms with Crippen LogP contribution >= 0.6 is 0 Å². The molecule has 0 spiro atoms. The van der Waals surface area contributed by atoms with Gasteiger partial charge in [-0.15, -0.1) is 0 Å². The number of nitrogens with zero attached hydrogens (tertiary/aromatic N) is 2. The zero-order valence-corrected chi connectivity index (χ0v) is 16.0. The van der Waals surface area contributed by atoms with Crippen LogP contribution in [0.1, 0.15) is 37.7 Å². The summed E-state index contributed by atoms with van der Waals surface area (Å²) < 4.78 is 41.0. The third-order valence-corrected chi connectivity index (χ3v) is 7.48. The first-order chi connectivity index (χ1) is 13.0. The van der Waals surface area contributed by atoms with Crippen LogP contribution in [0.2, 0.25) is 0 Å². The fourth-order valence-corrected chi connectivity index (χ4v) is 5.20. The minimum absolute atomic E-state index is 0.173. The van der Waals surface area contributed by atoms with Gasteiger partial charge < -0.3 is 5.32 Å². The van der Waals surface area contributed by atoms with Crippen LogP contribution in [-0.4, -0.2) is 37.3 Å². The molecule has 4 rings (SSSR count). The van der Waals surface area contributed by atoms with Gasteiger partial charge in [-0.05, 0) is 49.4 Å². The second-order valence-electron chi connectivity index (χ2n) is 7.46. The number of hydrogen-bond acceptors (Lipinski definition) is 4. The maximum atomic E-state index is 14.1. The Kier molecular flexibility index (Phi) is 4.90. The molecule has 7 heteroatoms. The number of anilines is 1. The number of pyridine rings is 1. The number of benzene rings is 1. The van der Waals surface area contributed by atoms with Crippen molar-refractivity contribution in [3.8, 4) is 0 Å². The zero-order valence-electron chi connectivity index (χ0n) is 15.2. The summed E-state index contributed by atoms with van der Waals surface area (Å²) in [5.41, 5.74) is 0.549. The number of aromatic nitrogens is 1. The number of piperidine rings is 1. The Morgan fingerprint density at radius 1 is 1.07 bits per heavy atom. The van der Waals surface area contributed by atoms with Crippen LogP contribution < -0.4 is 5.32 Å². The van der Waals surface area contributed by atoms with Crippen molar-refractivity contribution in [3.63, 3.8) is 0 Å². The standard InChI is InChI=1S/C20H24FN3O2S/c21-18-7-3-2-6-17(18)20(10-11-20)15-23-19-9-8-16(14-22-19)27(25,26)24-12-4-1-5-13-24/h2-3,6-9,14H,1,4-5,10-13,15H2,(H,22,23). The van der Waals surface area contributed by atoms with E-state index >= 15 is 0 Å². The van der Waals surface area contributed by atoms with E-state index in [1.807, 2.05) is 12.1 Å². The van der Waals surface area contributed by atoms with Gasteiger partial charge in [0.15, 0.2) is 0 Å². The summed E-state index contributed by atoms with van der Waals surface area (Å²) in [4.78, 5) is 4.50. The number of sulfonamides is 1. The Labute approximate surface area is 159 Å². The van der Waals surface area contributed by atoms with E-state index in [4.69, 9.17) is 0 Å². The smallest absolute Gasteiger partial charge is 0.244 e. The van der Waals surface area contributed by atoms with Crippen LogP contribution in [0.5, 0.6) is 0 Å². The molecular formula is C20H24FN3O2S.